The number of aryl methyl sites for hydroxylation is 1. The number of H-pyrrole nitrogens is 1. The Morgan fingerprint density at radius 1 is 1.22 bits per heavy atom. The second kappa shape index (κ2) is 6.06. The van der Waals surface area contributed by atoms with Crippen molar-refractivity contribution < 1.29 is 13.2 Å². The SMILES string of the molecule is O=c1[nH]c(NCc2cccc(C(F)(F)F)c2)nc2c1CCCC2. The Kier molecular flexibility index (Phi) is 4.11. The van der Waals surface area contributed by atoms with Crippen LogP contribution in [0.4, 0.5) is 19.1 Å². The highest BCUT2D eigenvalue weighted by Crippen LogP contribution is 2.29. The molecule has 0 aliphatic heterocycles. The smallest absolute Gasteiger partial charge is 0.352 e. The first-order valence-electron chi connectivity index (χ1n) is 7.45. The van der Waals surface area contributed by atoms with Crippen LogP contribution in [0, 0.1) is 0 Å². The van der Waals surface area contributed by atoms with Crippen molar-refractivity contribution >= 4 is 5.95 Å². The van der Waals surface area contributed by atoms with Crippen molar-refractivity contribution in [2.45, 2.75) is 38.4 Å². The Hall–Kier alpha value is -2.31. The van der Waals surface area contributed by atoms with Gasteiger partial charge in [0.15, 0.2) is 0 Å². The molecule has 0 amide bonds. The molecule has 23 heavy (non-hydrogen) atoms. The van der Waals surface area contributed by atoms with Crippen LogP contribution < -0.4 is 10.9 Å². The Bertz CT molecular complexity index is 768. The van der Waals surface area contributed by atoms with E-state index in [1.54, 1.807) is 6.07 Å². The number of aromatic amines is 1. The second-order valence-corrected chi connectivity index (χ2v) is 5.60. The van der Waals surface area contributed by atoms with Crippen LogP contribution in [0.1, 0.15) is 35.2 Å². The van der Waals surface area contributed by atoms with Crippen molar-refractivity contribution in [3.63, 3.8) is 0 Å². The van der Waals surface area contributed by atoms with Crippen LogP contribution in [-0.4, -0.2) is 9.97 Å². The summed E-state index contributed by atoms with van der Waals surface area (Å²) in [6.07, 6.45) is -0.900. The number of halogens is 3. The van der Waals surface area contributed by atoms with Crippen molar-refractivity contribution in [2.75, 3.05) is 5.32 Å². The Labute approximate surface area is 130 Å². The molecule has 2 aromatic rings. The van der Waals surface area contributed by atoms with E-state index in [1.807, 2.05) is 0 Å². The van der Waals surface area contributed by atoms with E-state index in [0.717, 1.165) is 49.1 Å². The van der Waals surface area contributed by atoms with E-state index < -0.39 is 11.7 Å². The van der Waals surface area contributed by atoms with Crippen molar-refractivity contribution in [3.05, 3.63) is 57.0 Å². The largest absolute Gasteiger partial charge is 0.416 e. The fourth-order valence-corrected chi connectivity index (χ4v) is 2.73. The molecule has 1 heterocycles. The Morgan fingerprint density at radius 3 is 2.78 bits per heavy atom. The predicted octanol–water partition coefficient (Wildman–Crippen LogP) is 3.28. The number of nitrogens with zero attached hydrogens (tertiary/aromatic N) is 1. The molecule has 0 spiro atoms. The molecule has 0 saturated heterocycles. The molecule has 0 unspecified atom stereocenters. The maximum absolute atomic E-state index is 12.7. The van der Waals surface area contributed by atoms with Gasteiger partial charge in [0.1, 0.15) is 0 Å². The van der Waals surface area contributed by atoms with Gasteiger partial charge in [0.05, 0.1) is 11.3 Å². The summed E-state index contributed by atoms with van der Waals surface area (Å²) in [5.41, 5.74) is 1.12. The summed E-state index contributed by atoms with van der Waals surface area (Å²) in [6, 6.07) is 5.08. The molecule has 2 N–H and O–H groups in total. The van der Waals surface area contributed by atoms with Gasteiger partial charge in [-0.2, -0.15) is 13.2 Å². The molecule has 0 fully saturated rings. The van der Waals surface area contributed by atoms with Gasteiger partial charge in [-0.1, -0.05) is 12.1 Å². The molecule has 1 aliphatic rings. The highest BCUT2D eigenvalue weighted by Gasteiger charge is 2.30. The van der Waals surface area contributed by atoms with Crippen LogP contribution in [0.3, 0.4) is 0 Å². The molecule has 0 bridgehead atoms. The van der Waals surface area contributed by atoms with Gasteiger partial charge in [0.25, 0.3) is 5.56 Å². The lowest BCUT2D eigenvalue weighted by Gasteiger charge is -2.15. The molecule has 1 aromatic heterocycles. The van der Waals surface area contributed by atoms with E-state index in [4.69, 9.17) is 0 Å². The number of benzene rings is 1. The lowest BCUT2D eigenvalue weighted by Crippen LogP contribution is -2.22. The zero-order valence-electron chi connectivity index (χ0n) is 12.3. The van der Waals surface area contributed by atoms with Crippen LogP contribution in [0.25, 0.3) is 0 Å². The van der Waals surface area contributed by atoms with Gasteiger partial charge in [-0.3, -0.25) is 9.78 Å². The highest BCUT2D eigenvalue weighted by molar-refractivity contribution is 5.34. The topological polar surface area (TPSA) is 57.8 Å². The summed E-state index contributed by atoms with van der Waals surface area (Å²) in [5.74, 6) is 0.299. The van der Waals surface area contributed by atoms with Gasteiger partial charge < -0.3 is 5.32 Å². The van der Waals surface area contributed by atoms with Crippen molar-refractivity contribution in [3.8, 4) is 0 Å². The molecule has 7 heteroatoms. The van der Waals surface area contributed by atoms with E-state index in [9.17, 15) is 18.0 Å². The molecule has 0 saturated carbocycles. The van der Waals surface area contributed by atoms with Crippen LogP contribution >= 0.6 is 0 Å². The third-order valence-corrected chi connectivity index (χ3v) is 3.91. The maximum Gasteiger partial charge on any atom is 0.416 e. The molecule has 0 radical (unpaired) electrons. The molecule has 4 nitrogen and oxygen atoms in total. The standard InChI is InChI=1S/C16H16F3N3O/c17-16(18,19)11-5-3-4-10(8-11)9-20-15-21-13-7-2-1-6-12(13)14(23)22-15/h3-5,8H,1-2,6-7,9H2,(H2,20,21,22,23). The first kappa shape index (κ1) is 15.6. The molecule has 1 aromatic carbocycles. The number of rotatable bonds is 3. The minimum atomic E-state index is -4.37. The van der Waals surface area contributed by atoms with Crippen LogP contribution in [0.2, 0.25) is 0 Å². The van der Waals surface area contributed by atoms with E-state index in [1.165, 1.54) is 6.07 Å². The lowest BCUT2D eigenvalue weighted by molar-refractivity contribution is -0.137. The highest BCUT2D eigenvalue weighted by atomic mass is 19.4. The van der Waals surface area contributed by atoms with Crippen LogP contribution in [0.5, 0.6) is 0 Å². The Balaban J connectivity index is 1.76. The number of anilines is 1. The zero-order chi connectivity index (χ0) is 16.4. The van der Waals surface area contributed by atoms with Gasteiger partial charge in [-0.25, -0.2) is 4.98 Å². The number of hydrogen-bond donors (Lipinski definition) is 2. The molecule has 122 valence electrons. The lowest BCUT2D eigenvalue weighted by atomic mass is 9.97. The van der Waals surface area contributed by atoms with Crippen molar-refractivity contribution in [1.29, 1.82) is 0 Å². The first-order valence-corrected chi connectivity index (χ1v) is 7.45. The summed E-state index contributed by atoms with van der Waals surface area (Å²) in [4.78, 5) is 19.0. The molecule has 1 aliphatic carbocycles. The normalized spacial score (nSPS) is 14.4. The summed E-state index contributed by atoms with van der Waals surface area (Å²) in [7, 11) is 0. The van der Waals surface area contributed by atoms with Crippen LogP contribution in [0.15, 0.2) is 29.1 Å². The van der Waals surface area contributed by atoms with Gasteiger partial charge in [-0.05, 0) is 43.4 Å². The monoisotopic (exact) mass is 323 g/mol. The number of alkyl halides is 3. The zero-order valence-corrected chi connectivity index (χ0v) is 12.3. The summed E-state index contributed by atoms with van der Waals surface area (Å²) < 4.78 is 38.1. The summed E-state index contributed by atoms with van der Waals surface area (Å²) in [5, 5.41) is 2.90. The molecular formula is C16H16F3N3O. The number of nitrogens with one attached hydrogen (secondary N) is 2. The van der Waals surface area contributed by atoms with Crippen molar-refractivity contribution in [2.24, 2.45) is 0 Å². The third kappa shape index (κ3) is 3.55. The number of aromatic nitrogens is 2. The van der Waals surface area contributed by atoms with E-state index in [0.29, 0.717) is 11.5 Å². The Morgan fingerprint density at radius 2 is 2.00 bits per heavy atom. The number of hydrogen-bond acceptors (Lipinski definition) is 3. The third-order valence-electron chi connectivity index (χ3n) is 3.91. The summed E-state index contributed by atoms with van der Waals surface area (Å²) in [6.45, 7) is 0.158. The summed E-state index contributed by atoms with van der Waals surface area (Å²) >= 11 is 0. The van der Waals surface area contributed by atoms with Gasteiger partial charge in [-0.15, -0.1) is 0 Å². The minimum Gasteiger partial charge on any atom is -0.352 e. The number of fused-ring (bicyclic) bond motifs is 1. The predicted molar refractivity (Wildman–Crippen MR) is 80.3 cm³/mol. The average molecular weight is 323 g/mol. The minimum absolute atomic E-state index is 0.158. The van der Waals surface area contributed by atoms with Crippen LogP contribution in [-0.2, 0) is 25.6 Å². The fraction of sp³-hybridized carbons (Fsp3) is 0.375. The van der Waals surface area contributed by atoms with E-state index in [-0.39, 0.29) is 12.1 Å². The molecule has 0 atom stereocenters. The first-order chi connectivity index (χ1) is 10.9. The quantitative estimate of drug-likeness (QED) is 0.911. The maximum atomic E-state index is 12.7. The van der Waals surface area contributed by atoms with E-state index >= 15 is 0 Å². The van der Waals surface area contributed by atoms with Gasteiger partial charge in [0.2, 0.25) is 5.95 Å². The average Bonchev–Trinajstić information content (AvgIpc) is 2.52. The second-order valence-electron chi connectivity index (χ2n) is 5.60. The molecule has 3 rings (SSSR count). The van der Waals surface area contributed by atoms with Crippen molar-refractivity contribution in [1.82, 2.24) is 9.97 Å². The van der Waals surface area contributed by atoms with Gasteiger partial charge in [0, 0.05) is 12.1 Å². The molecular weight excluding hydrogens is 307 g/mol. The van der Waals surface area contributed by atoms with Gasteiger partial charge >= 0.3 is 6.18 Å². The van der Waals surface area contributed by atoms with E-state index in [2.05, 4.69) is 15.3 Å². The fourth-order valence-electron chi connectivity index (χ4n) is 2.73.